The van der Waals surface area contributed by atoms with Crippen LogP contribution in [-0.4, -0.2) is 29.5 Å². The number of benzene rings is 1. The number of aryl methyl sites for hydroxylation is 1. The summed E-state index contributed by atoms with van der Waals surface area (Å²) in [5.74, 6) is 0. The van der Waals surface area contributed by atoms with Gasteiger partial charge in [-0.1, -0.05) is 43.0 Å². The summed E-state index contributed by atoms with van der Waals surface area (Å²) in [7, 11) is -3.51. The molecule has 2 aromatic rings. The molecule has 2 heterocycles. The zero-order valence-electron chi connectivity index (χ0n) is 16.4. The van der Waals surface area contributed by atoms with Crippen molar-refractivity contribution in [1.82, 2.24) is 9.29 Å². The largest absolute Gasteiger partial charge is 0.250 e. The third kappa shape index (κ3) is 4.14. The van der Waals surface area contributed by atoms with Crippen LogP contribution < -0.4 is 0 Å². The molecule has 1 aliphatic carbocycles. The molecule has 4 nitrogen and oxygen atoms in total. The monoisotopic (exact) mass is 416 g/mol. The molecule has 1 aliphatic heterocycles. The van der Waals surface area contributed by atoms with Crippen LogP contribution in [0.5, 0.6) is 0 Å². The zero-order valence-corrected chi connectivity index (χ0v) is 18.0. The molecule has 0 N–H and O–H groups in total. The summed E-state index contributed by atoms with van der Waals surface area (Å²) in [6.07, 6.45) is 9.95. The minimum atomic E-state index is -3.51. The summed E-state index contributed by atoms with van der Waals surface area (Å²) < 4.78 is 28.4. The van der Waals surface area contributed by atoms with E-state index >= 15 is 0 Å². The van der Waals surface area contributed by atoms with Gasteiger partial charge < -0.3 is 0 Å². The van der Waals surface area contributed by atoms with Crippen LogP contribution in [0.2, 0.25) is 0 Å². The van der Waals surface area contributed by atoms with Crippen LogP contribution in [0.4, 0.5) is 0 Å². The Morgan fingerprint density at radius 1 is 1.00 bits per heavy atom. The molecule has 2 aliphatic rings. The van der Waals surface area contributed by atoms with Gasteiger partial charge in [-0.25, -0.2) is 13.4 Å². The molecular formula is C22H28N2O2S2. The molecule has 0 unspecified atom stereocenters. The highest BCUT2D eigenvalue weighted by Gasteiger charge is 2.37. The lowest BCUT2D eigenvalue weighted by Gasteiger charge is -2.27. The van der Waals surface area contributed by atoms with Crippen molar-refractivity contribution in [3.05, 3.63) is 53.7 Å². The molecule has 6 heteroatoms. The Hall–Kier alpha value is -1.37. The van der Waals surface area contributed by atoms with Crippen LogP contribution in [0.25, 0.3) is 0 Å². The van der Waals surface area contributed by atoms with Gasteiger partial charge in [-0.15, -0.1) is 11.8 Å². The first-order valence-electron chi connectivity index (χ1n) is 10.3. The van der Waals surface area contributed by atoms with Crippen LogP contribution in [0.15, 0.2) is 52.5 Å². The van der Waals surface area contributed by atoms with Crippen molar-refractivity contribution in [1.29, 1.82) is 0 Å². The van der Waals surface area contributed by atoms with Crippen molar-refractivity contribution in [3.8, 4) is 0 Å². The Morgan fingerprint density at radius 3 is 2.50 bits per heavy atom. The average molecular weight is 417 g/mol. The number of sulfonamides is 1. The predicted molar refractivity (Wildman–Crippen MR) is 114 cm³/mol. The molecule has 4 rings (SSSR count). The highest BCUT2D eigenvalue weighted by Crippen LogP contribution is 2.42. The lowest BCUT2D eigenvalue weighted by Crippen LogP contribution is -2.31. The minimum absolute atomic E-state index is 0.119. The van der Waals surface area contributed by atoms with Gasteiger partial charge in [0.2, 0.25) is 10.0 Å². The summed E-state index contributed by atoms with van der Waals surface area (Å²) in [6.45, 7) is 2.54. The third-order valence-electron chi connectivity index (χ3n) is 5.82. The van der Waals surface area contributed by atoms with Gasteiger partial charge >= 0.3 is 0 Å². The molecule has 2 fully saturated rings. The average Bonchev–Trinajstić information content (AvgIpc) is 3.20. The van der Waals surface area contributed by atoms with E-state index in [1.807, 2.05) is 43.1 Å². The Bertz CT molecular complexity index is 906. The molecule has 1 saturated carbocycles. The number of nitrogens with zero attached hydrogens (tertiary/aromatic N) is 2. The third-order valence-corrected chi connectivity index (χ3v) is 9.11. The summed E-state index contributed by atoms with van der Waals surface area (Å²) in [6, 6.07) is 11.1. The van der Waals surface area contributed by atoms with Crippen molar-refractivity contribution in [2.24, 2.45) is 0 Å². The van der Waals surface area contributed by atoms with Gasteiger partial charge in [0.25, 0.3) is 0 Å². The number of pyridine rings is 1. The Balaban J connectivity index is 1.62. The fraction of sp³-hybridized carbons (Fsp3) is 0.500. The van der Waals surface area contributed by atoms with Gasteiger partial charge in [0.15, 0.2) is 0 Å². The van der Waals surface area contributed by atoms with E-state index in [1.165, 1.54) is 32.1 Å². The molecule has 0 amide bonds. The van der Waals surface area contributed by atoms with E-state index in [0.29, 0.717) is 16.7 Å². The minimum Gasteiger partial charge on any atom is -0.250 e. The molecule has 1 aromatic heterocycles. The normalized spacial score (nSPS) is 21.8. The Labute approximate surface area is 172 Å². The predicted octanol–water partition coefficient (Wildman–Crippen LogP) is 5.34. The SMILES string of the molecule is Cc1ccc(S(=O)(=O)N2CCC[C@H]2c2cccnc2SC2CCCCC2)cc1. The standard InChI is InChI=1S/C22H28N2O2S2/c1-17-11-13-19(14-12-17)28(25,26)24-16-6-10-21(24)20-9-5-15-23-22(20)27-18-7-3-2-4-8-18/h5,9,11-15,18,21H,2-4,6-8,10,16H2,1H3/t21-/m0/s1. The molecule has 0 bridgehead atoms. The van der Waals surface area contributed by atoms with Crippen LogP contribution in [0.3, 0.4) is 0 Å². The summed E-state index contributed by atoms with van der Waals surface area (Å²) in [5, 5.41) is 1.62. The zero-order chi connectivity index (χ0) is 19.6. The molecule has 1 aromatic carbocycles. The molecule has 0 spiro atoms. The van der Waals surface area contributed by atoms with E-state index < -0.39 is 10.0 Å². The van der Waals surface area contributed by atoms with Gasteiger partial charge in [-0.2, -0.15) is 4.31 Å². The smallest absolute Gasteiger partial charge is 0.243 e. The fourth-order valence-electron chi connectivity index (χ4n) is 4.28. The fourth-order valence-corrected chi connectivity index (χ4v) is 7.30. The highest BCUT2D eigenvalue weighted by atomic mass is 32.2. The number of thioether (sulfide) groups is 1. The number of aromatic nitrogens is 1. The number of hydrogen-bond acceptors (Lipinski definition) is 4. The Kier molecular flexibility index (Phi) is 6.09. The van der Waals surface area contributed by atoms with Gasteiger partial charge in [-0.05, 0) is 50.8 Å². The maximum Gasteiger partial charge on any atom is 0.243 e. The Morgan fingerprint density at radius 2 is 1.75 bits per heavy atom. The second-order valence-electron chi connectivity index (χ2n) is 7.86. The topological polar surface area (TPSA) is 50.3 Å². The maximum atomic E-state index is 13.3. The van der Waals surface area contributed by atoms with Gasteiger partial charge in [0, 0.05) is 23.6 Å². The molecule has 28 heavy (non-hydrogen) atoms. The van der Waals surface area contributed by atoms with Crippen molar-refractivity contribution in [3.63, 3.8) is 0 Å². The molecule has 0 radical (unpaired) electrons. The summed E-state index contributed by atoms with van der Waals surface area (Å²) in [5.41, 5.74) is 2.14. The van der Waals surface area contributed by atoms with E-state index in [0.717, 1.165) is 29.0 Å². The van der Waals surface area contributed by atoms with E-state index in [2.05, 4.69) is 11.1 Å². The van der Waals surface area contributed by atoms with E-state index in [1.54, 1.807) is 16.4 Å². The highest BCUT2D eigenvalue weighted by molar-refractivity contribution is 7.99. The lowest BCUT2D eigenvalue weighted by molar-refractivity contribution is 0.391. The molecule has 150 valence electrons. The van der Waals surface area contributed by atoms with Gasteiger partial charge in [-0.3, -0.25) is 0 Å². The molecule has 1 saturated heterocycles. The first kappa shape index (κ1) is 19.9. The van der Waals surface area contributed by atoms with Gasteiger partial charge in [0.05, 0.1) is 10.9 Å². The van der Waals surface area contributed by atoms with Crippen LogP contribution in [-0.2, 0) is 10.0 Å². The second kappa shape index (κ2) is 8.56. The van der Waals surface area contributed by atoms with E-state index in [4.69, 9.17) is 0 Å². The van der Waals surface area contributed by atoms with E-state index in [9.17, 15) is 8.42 Å². The molecular weight excluding hydrogens is 388 g/mol. The van der Waals surface area contributed by atoms with Crippen molar-refractivity contribution < 1.29 is 8.42 Å². The lowest BCUT2D eigenvalue weighted by atomic mass is 10.0. The summed E-state index contributed by atoms with van der Waals surface area (Å²) >= 11 is 1.86. The van der Waals surface area contributed by atoms with Crippen LogP contribution in [0, 0.1) is 6.92 Å². The first-order chi connectivity index (χ1) is 13.6. The second-order valence-corrected chi connectivity index (χ2v) is 11.0. The van der Waals surface area contributed by atoms with Crippen molar-refractivity contribution in [2.45, 2.75) is 73.1 Å². The number of rotatable bonds is 5. The maximum absolute atomic E-state index is 13.3. The first-order valence-corrected chi connectivity index (χ1v) is 12.6. The van der Waals surface area contributed by atoms with Crippen LogP contribution in [0.1, 0.15) is 62.1 Å². The summed E-state index contributed by atoms with van der Waals surface area (Å²) in [4.78, 5) is 5.04. The van der Waals surface area contributed by atoms with Crippen molar-refractivity contribution in [2.75, 3.05) is 6.54 Å². The quantitative estimate of drug-likeness (QED) is 0.660. The molecule has 1 atom stereocenters. The number of hydrogen-bond donors (Lipinski definition) is 0. The van der Waals surface area contributed by atoms with Crippen molar-refractivity contribution >= 4 is 21.8 Å². The van der Waals surface area contributed by atoms with E-state index in [-0.39, 0.29) is 6.04 Å². The van der Waals surface area contributed by atoms with Gasteiger partial charge in [0.1, 0.15) is 5.03 Å². The van der Waals surface area contributed by atoms with Crippen LogP contribution >= 0.6 is 11.8 Å².